The number of carbonyl (C=O) groups excluding carboxylic acids is 1. The van der Waals surface area contributed by atoms with Gasteiger partial charge in [0.05, 0.1) is 19.8 Å². The Hall–Kier alpha value is -1.13. The molecule has 0 aromatic heterocycles. The van der Waals surface area contributed by atoms with E-state index in [0.29, 0.717) is 0 Å². The molecule has 35 heavy (non-hydrogen) atoms. The van der Waals surface area contributed by atoms with Crippen molar-refractivity contribution in [1.82, 2.24) is 0 Å². The van der Waals surface area contributed by atoms with Crippen LogP contribution in [0.3, 0.4) is 0 Å². The van der Waals surface area contributed by atoms with E-state index in [0.717, 1.165) is 0 Å². The molecule has 2 rings (SSSR count). The maximum atomic E-state index is 10.9. The molecule has 13 N–H and O–H groups in total. The summed E-state index contributed by atoms with van der Waals surface area (Å²) in [5.41, 5.74) is 4.80. The van der Waals surface area contributed by atoms with Gasteiger partial charge in [0.15, 0.2) is 18.7 Å². The SMILES string of the molecule is NC(=O)C(O)C(O)C(O)C(O)COC1OC(COC2OC(CO)C(O)C(O)C2O)C(O)C(O)C1O. The first-order valence-electron chi connectivity index (χ1n) is 10.6. The van der Waals surface area contributed by atoms with Crippen LogP contribution in [0, 0.1) is 0 Å². The number of nitrogens with two attached hydrogens (primary N) is 1. The molecule has 2 heterocycles. The first kappa shape index (κ1) is 30.1. The molecule has 2 aliphatic rings. The van der Waals surface area contributed by atoms with Crippen LogP contribution in [0.25, 0.3) is 0 Å². The van der Waals surface area contributed by atoms with Gasteiger partial charge in [-0.05, 0) is 0 Å². The number of aliphatic hydroxyl groups excluding tert-OH is 11. The quantitative estimate of drug-likeness (QED) is 0.121. The monoisotopic (exact) mass is 519 g/mol. The molecule has 0 saturated carbocycles. The Kier molecular flexibility index (Phi) is 11.1. The zero-order valence-corrected chi connectivity index (χ0v) is 18.2. The lowest BCUT2D eigenvalue weighted by atomic mass is 9.98. The second-order valence-corrected chi connectivity index (χ2v) is 8.27. The van der Waals surface area contributed by atoms with Crippen molar-refractivity contribution >= 4 is 5.91 Å². The summed E-state index contributed by atoms with van der Waals surface area (Å²) in [5.74, 6) is -1.37. The molecule has 17 nitrogen and oxygen atoms in total. The van der Waals surface area contributed by atoms with Crippen molar-refractivity contribution in [2.75, 3.05) is 19.8 Å². The summed E-state index contributed by atoms with van der Waals surface area (Å²) >= 11 is 0. The summed E-state index contributed by atoms with van der Waals surface area (Å²) in [7, 11) is 0. The van der Waals surface area contributed by atoms with Crippen LogP contribution in [0.15, 0.2) is 0 Å². The molecule has 2 fully saturated rings. The lowest BCUT2D eigenvalue weighted by Gasteiger charge is -2.42. The average Bonchev–Trinajstić information content (AvgIpc) is 2.84. The van der Waals surface area contributed by atoms with E-state index in [1.807, 2.05) is 0 Å². The number of aliphatic hydroxyl groups is 11. The smallest absolute Gasteiger partial charge is 0.249 e. The molecule has 0 aliphatic carbocycles. The van der Waals surface area contributed by atoms with E-state index in [4.69, 9.17) is 24.7 Å². The Morgan fingerprint density at radius 1 is 0.743 bits per heavy atom. The largest absolute Gasteiger partial charge is 0.394 e. The Morgan fingerprint density at radius 2 is 1.23 bits per heavy atom. The molecule has 14 unspecified atom stereocenters. The van der Waals surface area contributed by atoms with Gasteiger partial charge in [-0.2, -0.15) is 0 Å². The van der Waals surface area contributed by atoms with E-state index in [2.05, 4.69) is 0 Å². The van der Waals surface area contributed by atoms with Gasteiger partial charge in [-0.15, -0.1) is 0 Å². The van der Waals surface area contributed by atoms with Crippen molar-refractivity contribution in [3.63, 3.8) is 0 Å². The number of hydrogen-bond donors (Lipinski definition) is 12. The molecule has 0 radical (unpaired) electrons. The highest BCUT2D eigenvalue weighted by atomic mass is 16.7. The van der Waals surface area contributed by atoms with E-state index in [9.17, 15) is 61.0 Å². The Balaban J connectivity index is 1.96. The van der Waals surface area contributed by atoms with Gasteiger partial charge in [-0.1, -0.05) is 0 Å². The zero-order chi connectivity index (χ0) is 26.6. The highest BCUT2D eigenvalue weighted by molar-refractivity contribution is 5.79. The van der Waals surface area contributed by atoms with Gasteiger partial charge in [0.1, 0.15) is 67.1 Å². The Bertz CT molecular complexity index is 670. The minimum atomic E-state index is -2.20. The number of hydrogen-bond acceptors (Lipinski definition) is 16. The van der Waals surface area contributed by atoms with E-state index in [1.54, 1.807) is 0 Å². The Morgan fingerprint density at radius 3 is 1.74 bits per heavy atom. The van der Waals surface area contributed by atoms with Gasteiger partial charge in [0.25, 0.3) is 0 Å². The van der Waals surface area contributed by atoms with Crippen molar-refractivity contribution in [3.05, 3.63) is 0 Å². The second kappa shape index (κ2) is 12.9. The van der Waals surface area contributed by atoms with Crippen LogP contribution in [0.1, 0.15) is 0 Å². The highest BCUT2D eigenvalue weighted by Gasteiger charge is 2.47. The van der Waals surface area contributed by atoms with Crippen LogP contribution >= 0.6 is 0 Å². The molecular formula is C18H33NO16. The van der Waals surface area contributed by atoms with Crippen LogP contribution in [0.4, 0.5) is 0 Å². The fraction of sp³-hybridized carbons (Fsp3) is 0.944. The van der Waals surface area contributed by atoms with Crippen molar-refractivity contribution in [2.24, 2.45) is 5.73 Å². The fourth-order valence-corrected chi connectivity index (χ4v) is 3.46. The molecule has 2 saturated heterocycles. The third-order valence-electron chi connectivity index (χ3n) is 5.73. The number of ether oxygens (including phenoxy) is 4. The molecule has 0 aromatic carbocycles. The van der Waals surface area contributed by atoms with Crippen LogP contribution in [-0.4, -0.2) is 168 Å². The maximum Gasteiger partial charge on any atom is 0.249 e. The molecule has 14 atom stereocenters. The third-order valence-corrected chi connectivity index (χ3v) is 5.73. The van der Waals surface area contributed by atoms with Crippen molar-refractivity contribution in [3.8, 4) is 0 Å². The molecule has 2 aliphatic heterocycles. The number of rotatable bonds is 11. The van der Waals surface area contributed by atoms with Crippen molar-refractivity contribution < 1.29 is 79.9 Å². The lowest BCUT2D eigenvalue weighted by Crippen LogP contribution is -2.62. The van der Waals surface area contributed by atoms with Gasteiger partial charge >= 0.3 is 0 Å². The van der Waals surface area contributed by atoms with Crippen LogP contribution in [-0.2, 0) is 23.7 Å². The van der Waals surface area contributed by atoms with E-state index in [-0.39, 0.29) is 0 Å². The maximum absolute atomic E-state index is 10.9. The lowest BCUT2D eigenvalue weighted by molar-refractivity contribution is -0.333. The first-order valence-corrected chi connectivity index (χ1v) is 10.6. The predicted octanol–water partition coefficient (Wildman–Crippen LogP) is -8.44. The average molecular weight is 519 g/mol. The van der Waals surface area contributed by atoms with Crippen LogP contribution in [0.5, 0.6) is 0 Å². The molecule has 0 spiro atoms. The molecular weight excluding hydrogens is 486 g/mol. The molecule has 0 aromatic rings. The number of carbonyl (C=O) groups is 1. The minimum Gasteiger partial charge on any atom is -0.394 e. The normalized spacial score (nSPS) is 41.7. The summed E-state index contributed by atoms with van der Waals surface area (Å²) < 4.78 is 20.8. The first-order chi connectivity index (χ1) is 16.3. The van der Waals surface area contributed by atoms with E-state index >= 15 is 0 Å². The number of amides is 1. The Labute approximate surface area is 198 Å². The third kappa shape index (κ3) is 7.01. The van der Waals surface area contributed by atoms with Gasteiger partial charge in [-0.3, -0.25) is 4.79 Å². The molecule has 17 heteroatoms. The molecule has 206 valence electrons. The summed E-state index contributed by atoms with van der Waals surface area (Å²) in [4.78, 5) is 10.9. The second-order valence-electron chi connectivity index (χ2n) is 8.27. The van der Waals surface area contributed by atoms with Crippen molar-refractivity contribution in [2.45, 2.75) is 85.8 Å². The van der Waals surface area contributed by atoms with Gasteiger partial charge in [0.2, 0.25) is 5.91 Å². The minimum absolute atomic E-state index is 0.623. The van der Waals surface area contributed by atoms with E-state index < -0.39 is 112 Å². The molecule has 1 amide bonds. The van der Waals surface area contributed by atoms with Crippen LogP contribution < -0.4 is 5.73 Å². The topological polar surface area (TPSA) is 303 Å². The van der Waals surface area contributed by atoms with Gasteiger partial charge < -0.3 is 80.9 Å². The molecule has 0 bridgehead atoms. The van der Waals surface area contributed by atoms with E-state index in [1.165, 1.54) is 0 Å². The van der Waals surface area contributed by atoms with Gasteiger partial charge in [0, 0.05) is 0 Å². The number of primary amides is 1. The summed E-state index contributed by atoms with van der Waals surface area (Å²) in [5, 5.41) is 108. The van der Waals surface area contributed by atoms with Crippen LogP contribution in [0.2, 0.25) is 0 Å². The summed E-state index contributed by atoms with van der Waals surface area (Å²) in [6, 6.07) is 0. The summed E-state index contributed by atoms with van der Waals surface area (Å²) in [6.45, 7) is -2.19. The zero-order valence-electron chi connectivity index (χ0n) is 18.2. The van der Waals surface area contributed by atoms with Crippen molar-refractivity contribution in [1.29, 1.82) is 0 Å². The standard InChI is InChI=1S/C18H33NO16/c19-16(31)13(28)10(25)7(22)4(21)2-32-17-15(30)12(27)9(24)6(35-17)3-33-18-14(29)11(26)8(23)5(1-20)34-18/h4-15,17-18,20-30H,1-3H2,(H2,19,31). The highest BCUT2D eigenvalue weighted by Crippen LogP contribution is 2.26. The summed E-state index contributed by atoms with van der Waals surface area (Å²) in [6.07, 6.45) is -25.0. The van der Waals surface area contributed by atoms with Gasteiger partial charge in [-0.25, -0.2) is 0 Å². The predicted molar refractivity (Wildman–Crippen MR) is 106 cm³/mol. The fourth-order valence-electron chi connectivity index (χ4n) is 3.46.